The minimum absolute atomic E-state index is 0.133. The van der Waals surface area contributed by atoms with Crippen LogP contribution in [0.5, 0.6) is 0 Å². The highest BCUT2D eigenvalue weighted by molar-refractivity contribution is 6.30. The first-order chi connectivity index (χ1) is 10.1. The molecule has 5 heteroatoms. The first kappa shape index (κ1) is 15.3. The summed E-state index contributed by atoms with van der Waals surface area (Å²) in [6, 6.07) is 13.8. The number of anilines is 2. The van der Waals surface area contributed by atoms with Gasteiger partial charge in [0.15, 0.2) is 0 Å². The molecule has 0 spiro atoms. The zero-order valence-electron chi connectivity index (χ0n) is 11.6. The van der Waals surface area contributed by atoms with E-state index in [2.05, 4.69) is 5.32 Å². The fourth-order valence-electron chi connectivity index (χ4n) is 1.98. The monoisotopic (exact) mass is 306 g/mol. The summed E-state index contributed by atoms with van der Waals surface area (Å²) < 4.78 is 13.6. The van der Waals surface area contributed by atoms with Crippen LogP contribution in [0.15, 0.2) is 48.5 Å². The highest BCUT2D eigenvalue weighted by atomic mass is 35.5. The zero-order valence-corrected chi connectivity index (χ0v) is 12.4. The van der Waals surface area contributed by atoms with Gasteiger partial charge in [0.05, 0.1) is 12.2 Å². The average molecular weight is 307 g/mol. The van der Waals surface area contributed by atoms with Crippen LogP contribution in [-0.2, 0) is 4.79 Å². The van der Waals surface area contributed by atoms with Crippen molar-refractivity contribution in [1.82, 2.24) is 0 Å². The third kappa shape index (κ3) is 4.20. The van der Waals surface area contributed by atoms with E-state index in [4.69, 9.17) is 11.6 Å². The van der Waals surface area contributed by atoms with Gasteiger partial charge in [-0.2, -0.15) is 0 Å². The second kappa shape index (κ2) is 7.09. The van der Waals surface area contributed by atoms with Gasteiger partial charge in [0.2, 0.25) is 5.91 Å². The van der Waals surface area contributed by atoms with Crippen molar-refractivity contribution in [2.24, 2.45) is 0 Å². The van der Waals surface area contributed by atoms with Crippen LogP contribution in [0.1, 0.15) is 6.92 Å². The maximum atomic E-state index is 13.6. The molecule has 0 radical (unpaired) electrons. The Balaban J connectivity index is 2.03. The van der Waals surface area contributed by atoms with Gasteiger partial charge in [-0.05, 0) is 37.3 Å². The molecule has 2 aromatic rings. The Morgan fingerprint density at radius 1 is 1.24 bits per heavy atom. The molecule has 0 atom stereocenters. The molecule has 0 heterocycles. The largest absolute Gasteiger partial charge is 0.362 e. The number of rotatable bonds is 5. The molecule has 110 valence electrons. The Morgan fingerprint density at radius 2 is 1.95 bits per heavy atom. The van der Waals surface area contributed by atoms with Crippen molar-refractivity contribution in [1.29, 1.82) is 0 Å². The maximum Gasteiger partial charge on any atom is 0.243 e. The molecular weight excluding hydrogens is 291 g/mol. The van der Waals surface area contributed by atoms with Gasteiger partial charge < -0.3 is 10.2 Å². The summed E-state index contributed by atoms with van der Waals surface area (Å²) >= 11 is 5.68. The van der Waals surface area contributed by atoms with Crippen molar-refractivity contribution in [3.8, 4) is 0 Å². The van der Waals surface area contributed by atoms with E-state index in [1.165, 1.54) is 18.2 Å². The van der Waals surface area contributed by atoms with E-state index in [9.17, 15) is 9.18 Å². The van der Waals surface area contributed by atoms with Crippen LogP contribution in [-0.4, -0.2) is 19.0 Å². The lowest BCUT2D eigenvalue weighted by Gasteiger charge is -2.22. The second-order valence-electron chi connectivity index (χ2n) is 4.52. The predicted molar refractivity (Wildman–Crippen MR) is 84.4 cm³/mol. The summed E-state index contributed by atoms with van der Waals surface area (Å²) in [5.74, 6) is -0.819. The third-order valence-electron chi connectivity index (χ3n) is 3.04. The number of carbonyl (C=O) groups is 1. The number of nitrogens with one attached hydrogen (secondary N) is 1. The average Bonchev–Trinajstić information content (AvgIpc) is 2.48. The number of carbonyl (C=O) groups excluding carboxylic acids is 1. The van der Waals surface area contributed by atoms with Crippen molar-refractivity contribution in [2.75, 3.05) is 23.3 Å². The molecule has 0 aromatic heterocycles. The summed E-state index contributed by atoms with van der Waals surface area (Å²) in [7, 11) is 0. The van der Waals surface area contributed by atoms with Gasteiger partial charge in [-0.25, -0.2) is 4.39 Å². The predicted octanol–water partition coefficient (Wildman–Crippen LogP) is 3.94. The molecule has 2 rings (SSSR count). The molecule has 21 heavy (non-hydrogen) atoms. The lowest BCUT2D eigenvalue weighted by Crippen LogP contribution is -2.33. The van der Waals surface area contributed by atoms with E-state index in [1.54, 1.807) is 0 Å². The molecule has 0 fully saturated rings. The Kier molecular flexibility index (Phi) is 5.17. The highest BCUT2D eigenvalue weighted by Crippen LogP contribution is 2.19. The Labute approximate surface area is 128 Å². The smallest absolute Gasteiger partial charge is 0.243 e. The Morgan fingerprint density at radius 3 is 2.57 bits per heavy atom. The lowest BCUT2D eigenvalue weighted by molar-refractivity contribution is -0.115. The summed E-state index contributed by atoms with van der Waals surface area (Å²) in [6.45, 7) is 2.80. The number of hydrogen-bond donors (Lipinski definition) is 1. The van der Waals surface area contributed by atoms with Crippen LogP contribution in [0.3, 0.4) is 0 Å². The van der Waals surface area contributed by atoms with Crippen LogP contribution in [0, 0.1) is 5.82 Å². The summed E-state index contributed by atoms with van der Waals surface area (Å²) in [6.07, 6.45) is 0. The Hall–Kier alpha value is -2.07. The molecule has 3 nitrogen and oxygen atoms in total. The van der Waals surface area contributed by atoms with Crippen molar-refractivity contribution >= 4 is 28.9 Å². The summed E-state index contributed by atoms with van der Waals surface area (Å²) in [5.41, 5.74) is 1.08. The molecule has 0 saturated heterocycles. The highest BCUT2D eigenvalue weighted by Gasteiger charge is 2.12. The molecule has 1 N–H and O–H groups in total. The molecular formula is C16H16ClFN2O. The van der Waals surface area contributed by atoms with Crippen LogP contribution < -0.4 is 10.2 Å². The van der Waals surface area contributed by atoms with Crippen molar-refractivity contribution in [3.05, 3.63) is 59.4 Å². The molecule has 0 aliphatic rings. The van der Waals surface area contributed by atoms with Gasteiger partial charge in [-0.1, -0.05) is 29.8 Å². The van der Waals surface area contributed by atoms with E-state index in [1.807, 2.05) is 42.2 Å². The van der Waals surface area contributed by atoms with Crippen LogP contribution >= 0.6 is 11.6 Å². The van der Waals surface area contributed by atoms with E-state index >= 15 is 0 Å². The second-order valence-corrected chi connectivity index (χ2v) is 4.96. The van der Waals surface area contributed by atoms with Crippen molar-refractivity contribution < 1.29 is 9.18 Å². The summed E-state index contributed by atoms with van der Waals surface area (Å²) in [4.78, 5) is 13.9. The molecule has 0 bridgehead atoms. The van der Waals surface area contributed by atoms with E-state index in [0.717, 1.165) is 5.69 Å². The summed E-state index contributed by atoms with van der Waals surface area (Å²) in [5, 5.41) is 2.85. The molecule has 0 aliphatic heterocycles. The van der Waals surface area contributed by atoms with E-state index < -0.39 is 5.82 Å². The quantitative estimate of drug-likeness (QED) is 0.907. The SMILES string of the molecule is CCN(CC(=O)Nc1ccc(Cl)cc1F)c1ccccc1. The van der Waals surface area contributed by atoms with E-state index in [-0.39, 0.29) is 18.1 Å². The number of amides is 1. The van der Waals surface area contributed by atoms with Gasteiger partial charge in [0.1, 0.15) is 5.82 Å². The number of hydrogen-bond acceptors (Lipinski definition) is 2. The molecule has 2 aromatic carbocycles. The standard InChI is InChI=1S/C16H16ClFN2O/c1-2-20(13-6-4-3-5-7-13)11-16(21)19-15-9-8-12(17)10-14(15)18/h3-10H,2,11H2,1H3,(H,19,21). The van der Waals surface area contributed by atoms with Crippen LogP contribution in [0.2, 0.25) is 5.02 Å². The number of benzene rings is 2. The molecule has 0 unspecified atom stereocenters. The zero-order chi connectivity index (χ0) is 15.2. The minimum atomic E-state index is -0.543. The normalized spacial score (nSPS) is 10.2. The van der Waals surface area contributed by atoms with Crippen LogP contribution in [0.25, 0.3) is 0 Å². The Bertz CT molecular complexity index is 619. The van der Waals surface area contributed by atoms with Gasteiger partial charge in [0.25, 0.3) is 0 Å². The number of nitrogens with zero attached hydrogens (tertiary/aromatic N) is 1. The van der Waals surface area contributed by atoms with Gasteiger partial charge in [-0.3, -0.25) is 4.79 Å². The fourth-order valence-corrected chi connectivity index (χ4v) is 2.14. The number of halogens is 2. The van der Waals surface area contributed by atoms with Crippen molar-refractivity contribution in [2.45, 2.75) is 6.92 Å². The number of para-hydroxylation sites is 1. The molecule has 0 aliphatic carbocycles. The first-order valence-corrected chi connectivity index (χ1v) is 7.03. The fraction of sp³-hybridized carbons (Fsp3) is 0.188. The van der Waals surface area contributed by atoms with Crippen molar-refractivity contribution in [3.63, 3.8) is 0 Å². The van der Waals surface area contributed by atoms with Crippen LogP contribution in [0.4, 0.5) is 15.8 Å². The maximum absolute atomic E-state index is 13.6. The first-order valence-electron chi connectivity index (χ1n) is 6.65. The molecule has 0 saturated carbocycles. The van der Waals surface area contributed by atoms with E-state index in [0.29, 0.717) is 11.6 Å². The van der Waals surface area contributed by atoms with Gasteiger partial charge in [-0.15, -0.1) is 0 Å². The lowest BCUT2D eigenvalue weighted by atomic mass is 10.2. The molecule has 1 amide bonds. The topological polar surface area (TPSA) is 32.3 Å². The third-order valence-corrected chi connectivity index (χ3v) is 3.28. The minimum Gasteiger partial charge on any atom is -0.362 e. The van der Waals surface area contributed by atoms with Gasteiger partial charge >= 0.3 is 0 Å². The van der Waals surface area contributed by atoms with Gasteiger partial charge in [0, 0.05) is 17.3 Å². The number of likely N-dealkylation sites (N-methyl/N-ethyl adjacent to an activating group) is 1.